The number of nitrogens with one attached hydrogen (secondary N) is 1. The molecule has 1 aromatic rings. The standard InChI is InChI=1S/C18H29N/c1-3-13-19-14-15(2)11-12-17-9-6-8-16-7-4-5-10-18(16)17/h4-5,7,10,15,17,19H,3,6,8-9,11-14H2,1-2H3. The van der Waals surface area contributed by atoms with E-state index in [1.807, 2.05) is 0 Å². The van der Waals surface area contributed by atoms with E-state index in [2.05, 4.69) is 43.4 Å². The molecule has 2 unspecified atom stereocenters. The molecule has 0 spiro atoms. The summed E-state index contributed by atoms with van der Waals surface area (Å²) in [4.78, 5) is 0. The number of benzene rings is 1. The maximum Gasteiger partial charge on any atom is -0.00232 e. The first-order valence-electron chi connectivity index (χ1n) is 8.09. The molecule has 0 saturated carbocycles. The van der Waals surface area contributed by atoms with Gasteiger partial charge in [-0.05, 0) is 74.6 Å². The Kier molecular flexibility index (Phi) is 5.91. The van der Waals surface area contributed by atoms with Crippen molar-refractivity contribution in [3.05, 3.63) is 35.4 Å². The fourth-order valence-corrected chi connectivity index (χ4v) is 3.27. The number of fused-ring (bicyclic) bond motifs is 1. The van der Waals surface area contributed by atoms with Crippen LogP contribution in [0.4, 0.5) is 0 Å². The lowest BCUT2D eigenvalue weighted by Crippen LogP contribution is -2.22. The summed E-state index contributed by atoms with van der Waals surface area (Å²) < 4.78 is 0. The van der Waals surface area contributed by atoms with Gasteiger partial charge in [0.25, 0.3) is 0 Å². The van der Waals surface area contributed by atoms with E-state index >= 15 is 0 Å². The van der Waals surface area contributed by atoms with Gasteiger partial charge in [-0.3, -0.25) is 0 Å². The average Bonchev–Trinajstić information content (AvgIpc) is 2.45. The highest BCUT2D eigenvalue weighted by Crippen LogP contribution is 2.35. The molecular weight excluding hydrogens is 230 g/mol. The van der Waals surface area contributed by atoms with E-state index in [-0.39, 0.29) is 0 Å². The molecule has 1 aromatic carbocycles. The van der Waals surface area contributed by atoms with Gasteiger partial charge < -0.3 is 5.32 Å². The molecule has 1 N–H and O–H groups in total. The third-order valence-electron chi connectivity index (χ3n) is 4.42. The van der Waals surface area contributed by atoms with Gasteiger partial charge in [0.2, 0.25) is 0 Å². The van der Waals surface area contributed by atoms with Crippen molar-refractivity contribution in [1.82, 2.24) is 5.32 Å². The maximum absolute atomic E-state index is 3.54. The van der Waals surface area contributed by atoms with E-state index in [0.717, 1.165) is 18.4 Å². The smallest absolute Gasteiger partial charge is 0.00232 e. The van der Waals surface area contributed by atoms with E-state index in [9.17, 15) is 0 Å². The van der Waals surface area contributed by atoms with Gasteiger partial charge in [0.15, 0.2) is 0 Å². The Hall–Kier alpha value is -0.820. The molecule has 0 aromatic heterocycles. The van der Waals surface area contributed by atoms with E-state index in [4.69, 9.17) is 0 Å². The molecule has 106 valence electrons. The molecule has 1 aliphatic rings. The molecule has 0 fully saturated rings. The van der Waals surface area contributed by atoms with Crippen LogP contribution in [0, 0.1) is 5.92 Å². The largest absolute Gasteiger partial charge is 0.316 e. The first-order valence-corrected chi connectivity index (χ1v) is 8.09. The molecule has 0 saturated heterocycles. The van der Waals surface area contributed by atoms with Gasteiger partial charge in [-0.1, -0.05) is 38.1 Å². The molecule has 19 heavy (non-hydrogen) atoms. The SMILES string of the molecule is CCCNCC(C)CCC1CCCc2ccccc21. The summed E-state index contributed by atoms with van der Waals surface area (Å²) in [6.45, 7) is 6.97. The minimum atomic E-state index is 0.806. The van der Waals surface area contributed by atoms with Gasteiger partial charge in [0.1, 0.15) is 0 Å². The number of hydrogen-bond acceptors (Lipinski definition) is 1. The van der Waals surface area contributed by atoms with Crippen molar-refractivity contribution < 1.29 is 0 Å². The molecule has 0 amide bonds. The summed E-state index contributed by atoms with van der Waals surface area (Å²) in [6, 6.07) is 9.09. The second-order valence-corrected chi connectivity index (χ2v) is 6.17. The molecule has 0 bridgehead atoms. The van der Waals surface area contributed by atoms with Crippen molar-refractivity contribution in [2.75, 3.05) is 13.1 Å². The van der Waals surface area contributed by atoms with Gasteiger partial charge in [-0.2, -0.15) is 0 Å². The molecule has 2 atom stereocenters. The molecular formula is C18H29N. The highest BCUT2D eigenvalue weighted by Gasteiger charge is 2.19. The van der Waals surface area contributed by atoms with Crippen molar-refractivity contribution >= 4 is 0 Å². The van der Waals surface area contributed by atoms with Crippen LogP contribution >= 0.6 is 0 Å². The van der Waals surface area contributed by atoms with Crippen molar-refractivity contribution in [3.63, 3.8) is 0 Å². The summed E-state index contributed by atoms with van der Waals surface area (Å²) in [6.07, 6.45) is 8.03. The number of hydrogen-bond donors (Lipinski definition) is 1. The van der Waals surface area contributed by atoms with Crippen LogP contribution < -0.4 is 5.32 Å². The van der Waals surface area contributed by atoms with E-state index in [1.165, 1.54) is 45.1 Å². The van der Waals surface area contributed by atoms with Crippen LogP contribution in [0.15, 0.2) is 24.3 Å². The van der Waals surface area contributed by atoms with Gasteiger partial charge in [0, 0.05) is 0 Å². The van der Waals surface area contributed by atoms with Crippen LogP contribution in [0.5, 0.6) is 0 Å². The van der Waals surface area contributed by atoms with Gasteiger partial charge in [-0.15, -0.1) is 0 Å². The van der Waals surface area contributed by atoms with Crippen molar-refractivity contribution in [1.29, 1.82) is 0 Å². The predicted molar refractivity (Wildman–Crippen MR) is 83.7 cm³/mol. The lowest BCUT2D eigenvalue weighted by Gasteiger charge is -2.26. The van der Waals surface area contributed by atoms with Crippen LogP contribution in [0.25, 0.3) is 0 Å². The molecule has 1 aliphatic carbocycles. The Bertz CT molecular complexity index is 372. The van der Waals surface area contributed by atoms with E-state index < -0.39 is 0 Å². The molecule has 0 heterocycles. The molecule has 1 nitrogen and oxygen atoms in total. The highest BCUT2D eigenvalue weighted by atomic mass is 14.8. The van der Waals surface area contributed by atoms with Crippen LogP contribution in [-0.2, 0) is 6.42 Å². The summed E-state index contributed by atoms with van der Waals surface area (Å²) >= 11 is 0. The monoisotopic (exact) mass is 259 g/mol. The van der Waals surface area contributed by atoms with Gasteiger partial charge in [0.05, 0.1) is 0 Å². The highest BCUT2D eigenvalue weighted by molar-refractivity contribution is 5.32. The predicted octanol–water partition coefficient (Wildman–Crippen LogP) is 4.52. The second-order valence-electron chi connectivity index (χ2n) is 6.17. The Labute approximate surface area is 118 Å². The normalized spacial score (nSPS) is 20.0. The van der Waals surface area contributed by atoms with Gasteiger partial charge >= 0.3 is 0 Å². The average molecular weight is 259 g/mol. The fraction of sp³-hybridized carbons (Fsp3) is 0.667. The number of rotatable bonds is 7. The Morgan fingerprint density at radius 1 is 1.32 bits per heavy atom. The maximum atomic E-state index is 3.54. The van der Waals surface area contributed by atoms with E-state index in [1.54, 1.807) is 11.1 Å². The number of aryl methyl sites for hydroxylation is 1. The topological polar surface area (TPSA) is 12.0 Å². The Balaban J connectivity index is 1.80. The zero-order valence-corrected chi connectivity index (χ0v) is 12.6. The zero-order valence-electron chi connectivity index (χ0n) is 12.6. The summed E-state index contributed by atoms with van der Waals surface area (Å²) in [7, 11) is 0. The summed E-state index contributed by atoms with van der Waals surface area (Å²) in [5, 5.41) is 3.54. The first kappa shape index (κ1) is 14.6. The fourth-order valence-electron chi connectivity index (χ4n) is 3.27. The minimum Gasteiger partial charge on any atom is -0.316 e. The van der Waals surface area contributed by atoms with Crippen molar-refractivity contribution in [2.24, 2.45) is 5.92 Å². The van der Waals surface area contributed by atoms with E-state index in [0.29, 0.717) is 0 Å². The van der Waals surface area contributed by atoms with Crippen LogP contribution in [0.2, 0.25) is 0 Å². The Morgan fingerprint density at radius 3 is 3.00 bits per heavy atom. The molecule has 2 rings (SSSR count). The lowest BCUT2D eigenvalue weighted by atomic mass is 9.79. The minimum absolute atomic E-state index is 0.806. The lowest BCUT2D eigenvalue weighted by molar-refractivity contribution is 0.419. The third-order valence-corrected chi connectivity index (χ3v) is 4.42. The summed E-state index contributed by atoms with van der Waals surface area (Å²) in [5.74, 6) is 1.62. The van der Waals surface area contributed by atoms with Crippen molar-refractivity contribution in [3.8, 4) is 0 Å². The van der Waals surface area contributed by atoms with Crippen LogP contribution in [0.3, 0.4) is 0 Å². The van der Waals surface area contributed by atoms with Crippen LogP contribution in [-0.4, -0.2) is 13.1 Å². The molecule has 0 aliphatic heterocycles. The van der Waals surface area contributed by atoms with Crippen LogP contribution in [0.1, 0.15) is 63.0 Å². The Morgan fingerprint density at radius 2 is 2.16 bits per heavy atom. The quantitative estimate of drug-likeness (QED) is 0.710. The van der Waals surface area contributed by atoms with Crippen molar-refractivity contribution in [2.45, 2.75) is 58.3 Å². The third kappa shape index (κ3) is 4.35. The molecule has 0 radical (unpaired) electrons. The first-order chi connectivity index (χ1) is 9.31. The van der Waals surface area contributed by atoms with Gasteiger partial charge in [-0.25, -0.2) is 0 Å². The summed E-state index contributed by atoms with van der Waals surface area (Å²) in [5.41, 5.74) is 3.25. The second kappa shape index (κ2) is 7.69. The zero-order chi connectivity index (χ0) is 13.5. The molecule has 1 heteroatoms.